The molecule has 0 aromatic heterocycles. The summed E-state index contributed by atoms with van der Waals surface area (Å²) in [5, 5.41) is 5.04. The van der Waals surface area contributed by atoms with Crippen molar-refractivity contribution in [2.24, 2.45) is 0 Å². The lowest BCUT2D eigenvalue weighted by Crippen LogP contribution is -2.46. The fraction of sp³-hybridized carbons (Fsp3) is 0.353. The predicted molar refractivity (Wildman–Crippen MR) is 94.5 cm³/mol. The molecule has 1 atom stereocenters. The molecule has 0 aliphatic carbocycles. The normalized spacial score (nSPS) is 11.8. The van der Waals surface area contributed by atoms with Gasteiger partial charge < -0.3 is 15.4 Å². The number of hydrogen-bond donors (Lipinski definition) is 2. The maximum Gasteiger partial charge on any atom is 0.331 e. The molecule has 2 amide bonds. The van der Waals surface area contributed by atoms with Crippen LogP contribution < -0.4 is 10.6 Å². The van der Waals surface area contributed by atoms with E-state index in [2.05, 4.69) is 10.6 Å². The van der Waals surface area contributed by atoms with Gasteiger partial charge in [0.25, 0.3) is 5.91 Å². The first kappa shape index (κ1) is 19.8. The minimum atomic E-state index is -0.679. The van der Waals surface area contributed by atoms with Gasteiger partial charge in [-0.1, -0.05) is 12.1 Å². The van der Waals surface area contributed by atoms with Crippen molar-refractivity contribution in [2.45, 2.75) is 24.8 Å². The van der Waals surface area contributed by atoms with Crippen LogP contribution in [0.2, 0.25) is 0 Å². The number of rotatable bonds is 8. The Morgan fingerprint density at radius 2 is 1.92 bits per heavy atom. The Hall–Kier alpha value is -2.28. The monoisotopic (exact) mass is 350 g/mol. The van der Waals surface area contributed by atoms with E-state index >= 15 is 0 Å². The number of benzene rings is 1. The van der Waals surface area contributed by atoms with Gasteiger partial charge in [0.15, 0.2) is 6.61 Å². The summed E-state index contributed by atoms with van der Waals surface area (Å²) in [4.78, 5) is 35.8. The lowest BCUT2D eigenvalue weighted by Gasteiger charge is -2.12. The average Bonchev–Trinajstić information content (AvgIpc) is 2.58. The summed E-state index contributed by atoms with van der Waals surface area (Å²) in [5.74, 6) is -1.43. The highest BCUT2D eigenvalue weighted by Crippen LogP contribution is 2.15. The molecule has 1 aromatic rings. The summed E-state index contributed by atoms with van der Waals surface area (Å²) in [6.45, 7) is 3.40. The van der Waals surface area contributed by atoms with Crippen LogP contribution in [0.3, 0.4) is 0 Å². The first-order valence-electron chi connectivity index (χ1n) is 7.52. The van der Waals surface area contributed by atoms with E-state index in [1.165, 1.54) is 6.08 Å². The number of hydrogen-bond acceptors (Lipinski definition) is 5. The third kappa shape index (κ3) is 7.32. The lowest BCUT2D eigenvalue weighted by molar-refractivity contribution is -0.144. The smallest absolute Gasteiger partial charge is 0.331 e. The molecule has 130 valence electrons. The van der Waals surface area contributed by atoms with Gasteiger partial charge >= 0.3 is 5.97 Å². The molecule has 0 radical (unpaired) electrons. The van der Waals surface area contributed by atoms with Crippen LogP contribution in [0.25, 0.3) is 6.08 Å². The summed E-state index contributed by atoms with van der Waals surface area (Å²) >= 11 is 1.63. The average molecular weight is 350 g/mol. The Balaban J connectivity index is 2.38. The van der Waals surface area contributed by atoms with Crippen LogP contribution in [0, 0.1) is 0 Å². The van der Waals surface area contributed by atoms with Crippen molar-refractivity contribution in [3.05, 3.63) is 35.9 Å². The van der Waals surface area contributed by atoms with Gasteiger partial charge in [0.05, 0.1) is 0 Å². The zero-order valence-corrected chi connectivity index (χ0v) is 14.8. The molecular weight excluding hydrogens is 328 g/mol. The zero-order chi connectivity index (χ0) is 17.9. The molecule has 0 saturated heterocycles. The molecule has 1 aromatic carbocycles. The number of thioether (sulfide) groups is 1. The van der Waals surface area contributed by atoms with Gasteiger partial charge in [-0.15, -0.1) is 11.8 Å². The van der Waals surface area contributed by atoms with Gasteiger partial charge in [-0.3, -0.25) is 9.59 Å². The van der Waals surface area contributed by atoms with Crippen LogP contribution >= 0.6 is 11.8 Å². The second kappa shape index (κ2) is 10.5. The van der Waals surface area contributed by atoms with Crippen molar-refractivity contribution in [3.8, 4) is 0 Å². The van der Waals surface area contributed by atoms with E-state index in [1.54, 1.807) is 31.7 Å². The van der Waals surface area contributed by atoms with Gasteiger partial charge in [0.1, 0.15) is 6.04 Å². The molecule has 0 unspecified atom stereocenters. The summed E-state index contributed by atoms with van der Waals surface area (Å²) < 4.78 is 4.84. The van der Waals surface area contributed by atoms with Gasteiger partial charge in [-0.05, 0) is 43.9 Å². The van der Waals surface area contributed by atoms with Gasteiger partial charge in [-0.25, -0.2) is 4.79 Å². The van der Waals surface area contributed by atoms with E-state index in [4.69, 9.17) is 4.74 Å². The van der Waals surface area contributed by atoms with Crippen molar-refractivity contribution in [2.75, 3.05) is 19.4 Å². The molecule has 1 rings (SSSR count). The number of carbonyl (C=O) groups excluding carboxylic acids is 3. The predicted octanol–water partition coefficient (Wildman–Crippen LogP) is 1.61. The highest BCUT2D eigenvalue weighted by molar-refractivity contribution is 7.98. The first-order chi connectivity index (χ1) is 11.5. The largest absolute Gasteiger partial charge is 0.452 e. The molecular formula is C17H22N2O4S. The minimum Gasteiger partial charge on any atom is -0.452 e. The van der Waals surface area contributed by atoms with E-state index in [-0.39, 0.29) is 5.91 Å². The van der Waals surface area contributed by atoms with Crippen LogP contribution in [-0.4, -0.2) is 43.2 Å². The molecule has 0 heterocycles. The van der Waals surface area contributed by atoms with Crippen molar-refractivity contribution < 1.29 is 19.1 Å². The standard InChI is InChI=1S/C17H22N2O4S/c1-4-18-17(22)12(2)19-15(20)11-23-16(21)10-7-13-5-8-14(24-3)9-6-13/h5-10,12H,4,11H2,1-3H3,(H,18,22)(H,19,20)/b10-7+/t12-/m1/s1. The number of amides is 2. The van der Waals surface area contributed by atoms with Gasteiger partial charge in [0, 0.05) is 17.5 Å². The summed E-state index contributed by atoms with van der Waals surface area (Å²) in [6.07, 6.45) is 4.86. The Morgan fingerprint density at radius 3 is 2.50 bits per heavy atom. The van der Waals surface area contributed by atoms with E-state index in [9.17, 15) is 14.4 Å². The maximum atomic E-state index is 11.6. The van der Waals surface area contributed by atoms with Crippen molar-refractivity contribution in [1.29, 1.82) is 0 Å². The third-order valence-corrected chi connectivity index (χ3v) is 3.74. The Bertz CT molecular complexity index is 599. The molecule has 0 aliphatic rings. The fourth-order valence-corrected chi connectivity index (χ4v) is 2.15. The molecule has 0 fully saturated rings. The number of carbonyl (C=O) groups is 3. The molecule has 2 N–H and O–H groups in total. The number of nitrogens with one attached hydrogen (secondary N) is 2. The summed E-state index contributed by atoms with van der Waals surface area (Å²) in [7, 11) is 0. The molecule has 24 heavy (non-hydrogen) atoms. The highest BCUT2D eigenvalue weighted by atomic mass is 32.2. The lowest BCUT2D eigenvalue weighted by atomic mass is 10.2. The van der Waals surface area contributed by atoms with E-state index in [0.717, 1.165) is 10.5 Å². The summed E-state index contributed by atoms with van der Waals surface area (Å²) in [6, 6.07) is 6.99. The zero-order valence-electron chi connectivity index (χ0n) is 14.0. The van der Waals surface area contributed by atoms with Crippen LogP contribution in [0.5, 0.6) is 0 Å². The number of ether oxygens (including phenoxy) is 1. The van der Waals surface area contributed by atoms with Gasteiger partial charge in [0.2, 0.25) is 5.91 Å². The van der Waals surface area contributed by atoms with Crippen molar-refractivity contribution in [1.82, 2.24) is 10.6 Å². The van der Waals surface area contributed by atoms with E-state index in [0.29, 0.717) is 6.54 Å². The molecule has 6 nitrogen and oxygen atoms in total. The van der Waals surface area contributed by atoms with E-state index < -0.39 is 24.5 Å². The highest BCUT2D eigenvalue weighted by Gasteiger charge is 2.15. The van der Waals surface area contributed by atoms with E-state index in [1.807, 2.05) is 30.5 Å². The maximum absolute atomic E-state index is 11.6. The Morgan fingerprint density at radius 1 is 1.25 bits per heavy atom. The second-order valence-electron chi connectivity index (χ2n) is 4.90. The minimum absolute atomic E-state index is 0.286. The molecule has 7 heteroatoms. The van der Waals surface area contributed by atoms with Crippen LogP contribution in [0.1, 0.15) is 19.4 Å². The molecule has 0 bridgehead atoms. The topological polar surface area (TPSA) is 84.5 Å². The Kier molecular flexibility index (Phi) is 8.64. The number of likely N-dealkylation sites (N-methyl/N-ethyl adjacent to an activating group) is 1. The second-order valence-corrected chi connectivity index (χ2v) is 5.78. The molecule has 0 saturated carbocycles. The summed E-state index contributed by atoms with van der Waals surface area (Å²) in [5.41, 5.74) is 0.860. The quantitative estimate of drug-likeness (QED) is 0.423. The Labute approximate surface area is 146 Å². The van der Waals surface area contributed by atoms with Crippen LogP contribution in [-0.2, 0) is 19.1 Å². The van der Waals surface area contributed by atoms with Crippen LogP contribution in [0.4, 0.5) is 0 Å². The van der Waals surface area contributed by atoms with Crippen molar-refractivity contribution in [3.63, 3.8) is 0 Å². The van der Waals surface area contributed by atoms with Crippen molar-refractivity contribution >= 4 is 35.6 Å². The van der Waals surface area contributed by atoms with Crippen LogP contribution in [0.15, 0.2) is 35.2 Å². The number of esters is 1. The third-order valence-electron chi connectivity index (χ3n) is 2.99. The first-order valence-corrected chi connectivity index (χ1v) is 8.74. The van der Waals surface area contributed by atoms with Gasteiger partial charge in [-0.2, -0.15) is 0 Å². The molecule has 0 aliphatic heterocycles. The fourth-order valence-electron chi connectivity index (χ4n) is 1.74. The molecule has 0 spiro atoms. The SMILES string of the molecule is CCNC(=O)[C@@H](C)NC(=O)COC(=O)/C=C/c1ccc(SC)cc1.